The summed E-state index contributed by atoms with van der Waals surface area (Å²) in [7, 11) is 1.80. The van der Waals surface area contributed by atoms with Crippen LogP contribution in [0.15, 0.2) is 18.2 Å². The van der Waals surface area contributed by atoms with E-state index < -0.39 is 0 Å². The Bertz CT molecular complexity index is 455. The van der Waals surface area contributed by atoms with E-state index in [9.17, 15) is 4.79 Å². The first kappa shape index (κ1) is 13.2. The Morgan fingerprint density at radius 2 is 2.17 bits per heavy atom. The minimum Gasteiger partial charge on any atom is -0.387 e. The van der Waals surface area contributed by atoms with Crippen LogP contribution in [0.5, 0.6) is 0 Å². The van der Waals surface area contributed by atoms with Gasteiger partial charge in [-0.2, -0.15) is 0 Å². The molecule has 18 heavy (non-hydrogen) atoms. The third-order valence-electron chi connectivity index (χ3n) is 3.73. The number of benzene rings is 1. The Hall–Kier alpha value is -1.22. The molecule has 1 aromatic rings. The number of anilines is 1. The zero-order valence-electron chi connectivity index (χ0n) is 10.8. The summed E-state index contributed by atoms with van der Waals surface area (Å²) in [5, 5.41) is 6.59. The summed E-state index contributed by atoms with van der Waals surface area (Å²) in [5.41, 5.74) is 1.69. The van der Waals surface area contributed by atoms with E-state index >= 15 is 0 Å². The molecule has 0 bridgehead atoms. The summed E-state index contributed by atoms with van der Waals surface area (Å²) in [5.74, 6) is -0.0602. The van der Waals surface area contributed by atoms with Gasteiger partial charge in [0.25, 0.3) is 5.91 Å². The van der Waals surface area contributed by atoms with Gasteiger partial charge in [0, 0.05) is 24.3 Å². The normalized spacial score (nSPS) is 16.8. The van der Waals surface area contributed by atoms with Crippen molar-refractivity contribution in [2.75, 3.05) is 18.9 Å². The summed E-state index contributed by atoms with van der Waals surface area (Å²) in [4.78, 5) is 12.2. The Kier molecular flexibility index (Phi) is 3.81. The van der Waals surface area contributed by atoms with Crippen molar-refractivity contribution in [1.82, 2.24) is 5.32 Å². The van der Waals surface area contributed by atoms with Gasteiger partial charge >= 0.3 is 0 Å². The first-order valence-electron chi connectivity index (χ1n) is 6.30. The minimum absolute atomic E-state index is 0.0602. The highest BCUT2D eigenvalue weighted by atomic mass is 35.5. The maximum atomic E-state index is 12.2. The molecule has 1 saturated carbocycles. The Morgan fingerprint density at radius 3 is 2.72 bits per heavy atom. The second kappa shape index (κ2) is 5.19. The molecule has 0 heterocycles. The van der Waals surface area contributed by atoms with Crippen LogP contribution in [0.4, 0.5) is 5.69 Å². The number of halogens is 1. The zero-order valence-corrected chi connectivity index (χ0v) is 11.6. The summed E-state index contributed by atoms with van der Waals surface area (Å²) in [6.45, 7) is 2.95. The van der Waals surface area contributed by atoms with Crippen LogP contribution in [-0.4, -0.2) is 19.5 Å². The van der Waals surface area contributed by atoms with E-state index in [1.54, 1.807) is 19.2 Å². The minimum atomic E-state index is -0.0602. The highest BCUT2D eigenvalue weighted by Crippen LogP contribution is 2.39. The van der Waals surface area contributed by atoms with Gasteiger partial charge in [0.1, 0.15) is 0 Å². The van der Waals surface area contributed by atoms with Gasteiger partial charge in [-0.15, -0.1) is 0 Å². The maximum Gasteiger partial charge on any atom is 0.253 e. The number of nitrogens with one attached hydrogen (secondary N) is 2. The molecule has 4 heteroatoms. The Balaban J connectivity index is 2.05. The van der Waals surface area contributed by atoms with Crippen molar-refractivity contribution in [1.29, 1.82) is 0 Å². The fourth-order valence-electron chi connectivity index (χ4n) is 2.27. The number of carbonyl (C=O) groups is 1. The molecular weight excluding hydrogens is 248 g/mol. The van der Waals surface area contributed by atoms with Crippen molar-refractivity contribution >= 4 is 23.2 Å². The average molecular weight is 267 g/mol. The van der Waals surface area contributed by atoms with E-state index in [1.165, 1.54) is 19.3 Å². The molecule has 2 N–H and O–H groups in total. The smallest absolute Gasteiger partial charge is 0.253 e. The van der Waals surface area contributed by atoms with Gasteiger partial charge in [0.2, 0.25) is 0 Å². The van der Waals surface area contributed by atoms with Gasteiger partial charge in [-0.1, -0.05) is 24.9 Å². The van der Waals surface area contributed by atoms with E-state index in [1.807, 2.05) is 6.07 Å². The second-order valence-electron chi connectivity index (χ2n) is 5.29. The van der Waals surface area contributed by atoms with Crippen LogP contribution in [0.25, 0.3) is 0 Å². The van der Waals surface area contributed by atoms with E-state index in [0.29, 0.717) is 10.6 Å². The first-order chi connectivity index (χ1) is 8.54. The molecule has 0 saturated heterocycles. The molecule has 0 spiro atoms. The Morgan fingerprint density at radius 1 is 1.44 bits per heavy atom. The molecule has 1 amide bonds. The lowest BCUT2D eigenvalue weighted by Crippen LogP contribution is -2.40. The molecule has 0 aromatic heterocycles. The second-order valence-corrected chi connectivity index (χ2v) is 5.72. The molecule has 0 atom stereocenters. The predicted octanol–water partition coefficient (Wildman–Crippen LogP) is 3.30. The Labute approximate surface area is 113 Å². The fraction of sp³-hybridized carbons (Fsp3) is 0.500. The molecule has 2 rings (SSSR count). The third kappa shape index (κ3) is 2.78. The first-order valence-corrected chi connectivity index (χ1v) is 6.67. The summed E-state index contributed by atoms with van der Waals surface area (Å²) < 4.78 is 0. The highest BCUT2D eigenvalue weighted by molar-refractivity contribution is 6.31. The molecule has 0 unspecified atom stereocenters. The molecule has 1 aromatic carbocycles. The standard InChI is InChI=1S/C14H19ClN2O/c1-14(6-3-7-14)9-17-13(18)11-8-10(15)4-5-12(11)16-2/h4-5,8,16H,3,6-7,9H2,1-2H3,(H,17,18). The maximum absolute atomic E-state index is 12.2. The van der Waals surface area contributed by atoms with E-state index in [0.717, 1.165) is 12.2 Å². The SMILES string of the molecule is CNc1ccc(Cl)cc1C(=O)NCC1(C)CCC1. The van der Waals surface area contributed by atoms with Crippen LogP contribution >= 0.6 is 11.6 Å². The molecule has 3 nitrogen and oxygen atoms in total. The predicted molar refractivity (Wildman–Crippen MR) is 75.3 cm³/mol. The molecule has 0 aliphatic heterocycles. The molecule has 1 aliphatic rings. The van der Waals surface area contributed by atoms with Crippen LogP contribution < -0.4 is 10.6 Å². The van der Waals surface area contributed by atoms with Crippen LogP contribution in [0.2, 0.25) is 5.02 Å². The number of hydrogen-bond acceptors (Lipinski definition) is 2. The van der Waals surface area contributed by atoms with Crippen molar-refractivity contribution < 1.29 is 4.79 Å². The third-order valence-corrected chi connectivity index (χ3v) is 3.97. The highest BCUT2D eigenvalue weighted by Gasteiger charge is 2.32. The fourth-order valence-corrected chi connectivity index (χ4v) is 2.44. The average Bonchev–Trinajstić information content (AvgIpc) is 2.33. The van der Waals surface area contributed by atoms with E-state index in [2.05, 4.69) is 17.6 Å². The van der Waals surface area contributed by atoms with Crippen LogP contribution in [-0.2, 0) is 0 Å². The summed E-state index contributed by atoms with van der Waals surface area (Å²) >= 11 is 5.94. The molecule has 1 fully saturated rings. The van der Waals surface area contributed by atoms with Crippen LogP contribution in [0.1, 0.15) is 36.5 Å². The topological polar surface area (TPSA) is 41.1 Å². The number of hydrogen-bond donors (Lipinski definition) is 2. The van der Waals surface area contributed by atoms with Gasteiger partial charge in [0.05, 0.1) is 5.56 Å². The zero-order chi connectivity index (χ0) is 13.2. The lowest BCUT2D eigenvalue weighted by Gasteiger charge is -2.38. The number of amides is 1. The van der Waals surface area contributed by atoms with Crippen LogP contribution in [0.3, 0.4) is 0 Å². The van der Waals surface area contributed by atoms with Crippen LogP contribution in [0, 0.1) is 5.41 Å². The number of rotatable bonds is 4. The largest absolute Gasteiger partial charge is 0.387 e. The molecular formula is C14H19ClN2O. The van der Waals surface area contributed by atoms with Crippen molar-refractivity contribution in [3.05, 3.63) is 28.8 Å². The van der Waals surface area contributed by atoms with Gasteiger partial charge in [0.15, 0.2) is 0 Å². The van der Waals surface area contributed by atoms with Gasteiger partial charge in [-0.25, -0.2) is 0 Å². The summed E-state index contributed by atoms with van der Waals surface area (Å²) in [6.07, 6.45) is 3.66. The van der Waals surface area contributed by atoms with Crippen molar-refractivity contribution in [3.63, 3.8) is 0 Å². The quantitative estimate of drug-likeness (QED) is 0.878. The molecule has 0 radical (unpaired) electrons. The van der Waals surface area contributed by atoms with E-state index in [4.69, 9.17) is 11.6 Å². The lowest BCUT2D eigenvalue weighted by molar-refractivity contribution is 0.0891. The number of carbonyl (C=O) groups excluding carboxylic acids is 1. The monoisotopic (exact) mass is 266 g/mol. The van der Waals surface area contributed by atoms with Crippen molar-refractivity contribution in [3.8, 4) is 0 Å². The van der Waals surface area contributed by atoms with Crippen molar-refractivity contribution in [2.24, 2.45) is 5.41 Å². The lowest BCUT2D eigenvalue weighted by atomic mass is 9.70. The van der Waals surface area contributed by atoms with Crippen molar-refractivity contribution in [2.45, 2.75) is 26.2 Å². The molecule has 98 valence electrons. The van der Waals surface area contributed by atoms with Gasteiger partial charge in [-0.05, 0) is 36.5 Å². The summed E-state index contributed by atoms with van der Waals surface area (Å²) in [6, 6.07) is 5.30. The van der Waals surface area contributed by atoms with E-state index in [-0.39, 0.29) is 11.3 Å². The van der Waals surface area contributed by atoms with Gasteiger partial charge < -0.3 is 10.6 Å². The molecule has 1 aliphatic carbocycles. The van der Waals surface area contributed by atoms with Gasteiger partial charge in [-0.3, -0.25) is 4.79 Å².